The number of alkyl halides is 2. The molecule has 1 aromatic rings. The van der Waals surface area contributed by atoms with E-state index in [0.717, 1.165) is 12.1 Å². The molecule has 4 nitrogen and oxygen atoms in total. The van der Waals surface area contributed by atoms with Crippen molar-refractivity contribution in [3.63, 3.8) is 0 Å². The fourth-order valence-corrected chi connectivity index (χ4v) is 1.77. The average Bonchev–Trinajstić information content (AvgIpc) is 2.70. The summed E-state index contributed by atoms with van der Waals surface area (Å²) in [7, 11) is 1.74. The second-order valence-corrected chi connectivity index (χ2v) is 4.81. The van der Waals surface area contributed by atoms with E-state index in [-0.39, 0.29) is 17.7 Å². The molecule has 0 atom stereocenters. The Hall–Kier alpha value is -0.740. The zero-order valence-corrected chi connectivity index (χ0v) is 11.8. The minimum atomic E-state index is -0.600. The van der Waals surface area contributed by atoms with Crippen LogP contribution in [0.1, 0.15) is 30.0 Å². The molecule has 0 aliphatic heterocycles. The molecule has 1 aromatic heterocycles. The van der Waals surface area contributed by atoms with Gasteiger partial charge in [0.1, 0.15) is 5.69 Å². The molecule has 0 fully saturated rings. The lowest BCUT2D eigenvalue weighted by Gasteiger charge is -2.25. The number of halogens is 2. The van der Waals surface area contributed by atoms with Crippen LogP contribution in [0.5, 0.6) is 0 Å². The van der Waals surface area contributed by atoms with Gasteiger partial charge in [-0.1, -0.05) is 6.92 Å². The molecular weight excluding hydrogens is 261 g/mol. The van der Waals surface area contributed by atoms with Gasteiger partial charge in [0.05, 0.1) is 11.2 Å². The van der Waals surface area contributed by atoms with Gasteiger partial charge in [0, 0.05) is 18.8 Å². The topological polar surface area (TPSA) is 46.9 Å². The number of carbonyl (C=O) groups excluding carboxylic acids is 1. The molecule has 0 bridgehead atoms. The number of amides is 1. The first-order chi connectivity index (χ1) is 7.95. The molecule has 1 heterocycles. The predicted molar refractivity (Wildman–Crippen MR) is 69.9 cm³/mol. The normalized spacial score (nSPS) is 11.6. The third-order valence-corrected chi connectivity index (χ3v) is 3.71. The highest BCUT2D eigenvalue weighted by Gasteiger charge is 2.26. The van der Waals surface area contributed by atoms with Gasteiger partial charge in [0.15, 0.2) is 0 Å². The van der Waals surface area contributed by atoms with E-state index >= 15 is 0 Å². The summed E-state index contributed by atoms with van der Waals surface area (Å²) in [5.41, 5.74) is 0.802. The zero-order valence-electron chi connectivity index (χ0n) is 10.3. The van der Waals surface area contributed by atoms with Crippen molar-refractivity contribution in [2.75, 3.05) is 11.8 Å². The van der Waals surface area contributed by atoms with Crippen LogP contribution in [0.15, 0.2) is 6.07 Å². The monoisotopic (exact) mass is 277 g/mol. The van der Waals surface area contributed by atoms with Crippen molar-refractivity contribution in [1.29, 1.82) is 0 Å². The SMILES string of the molecule is CCc1cc(C(=O)NC(C)(CCl)CCl)n(C)n1. The van der Waals surface area contributed by atoms with Gasteiger partial charge in [-0.05, 0) is 19.4 Å². The summed E-state index contributed by atoms with van der Waals surface area (Å²) in [5, 5.41) is 7.05. The Balaban J connectivity index is 2.86. The molecular formula is C11H17Cl2N3O. The van der Waals surface area contributed by atoms with Gasteiger partial charge in [-0.3, -0.25) is 9.48 Å². The smallest absolute Gasteiger partial charge is 0.270 e. The summed E-state index contributed by atoms with van der Waals surface area (Å²) in [5.74, 6) is 0.324. The van der Waals surface area contributed by atoms with Crippen molar-refractivity contribution < 1.29 is 4.79 Å². The predicted octanol–water partition coefficient (Wildman–Crippen LogP) is 1.95. The van der Waals surface area contributed by atoms with Crippen LogP contribution in [-0.4, -0.2) is 33.0 Å². The van der Waals surface area contributed by atoms with Gasteiger partial charge in [-0.15, -0.1) is 23.2 Å². The van der Waals surface area contributed by atoms with E-state index in [9.17, 15) is 4.79 Å². The minimum absolute atomic E-state index is 0.205. The van der Waals surface area contributed by atoms with Crippen LogP contribution in [0, 0.1) is 0 Å². The summed E-state index contributed by atoms with van der Waals surface area (Å²) in [6, 6.07) is 1.78. The number of aryl methyl sites for hydroxylation is 2. The number of carbonyl (C=O) groups is 1. The number of hydrogen-bond acceptors (Lipinski definition) is 2. The van der Waals surface area contributed by atoms with Crippen LogP contribution in [0.3, 0.4) is 0 Å². The van der Waals surface area contributed by atoms with Crippen molar-refractivity contribution in [1.82, 2.24) is 15.1 Å². The Morgan fingerprint density at radius 2 is 2.12 bits per heavy atom. The highest BCUT2D eigenvalue weighted by atomic mass is 35.5. The molecule has 1 rings (SSSR count). The number of nitrogens with one attached hydrogen (secondary N) is 1. The molecule has 0 saturated carbocycles. The first-order valence-electron chi connectivity index (χ1n) is 5.43. The molecule has 0 aromatic carbocycles. The summed E-state index contributed by atoms with van der Waals surface area (Å²) < 4.78 is 1.57. The maximum Gasteiger partial charge on any atom is 0.270 e. The molecule has 1 N–H and O–H groups in total. The lowest BCUT2D eigenvalue weighted by Crippen LogP contribution is -2.49. The van der Waals surface area contributed by atoms with Crippen molar-refractivity contribution in [3.8, 4) is 0 Å². The van der Waals surface area contributed by atoms with Crippen LogP contribution in [0.25, 0.3) is 0 Å². The fraction of sp³-hybridized carbons (Fsp3) is 0.636. The van der Waals surface area contributed by atoms with Crippen molar-refractivity contribution in [2.24, 2.45) is 7.05 Å². The number of aromatic nitrogens is 2. The van der Waals surface area contributed by atoms with Gasteiger partial charge in [-0.2, -0.15) is 5.10 Å². The van der Waals surface area contributed by atoms with Crippen molar-refractivity contribution in [3.05, 3.63) is 17.5 Å². The third kappa shape index (κ3) is 3.36. The molecule has 6 heteroatoms. The third-order valence-electron chi connectivity index (χ3n) is 2.53. The highest BCUT2D eigenvalue weighted by Crippen LogP contribution is 2.11. The van der Waals surface area contributed by atoms with Crippen LogP contribution < -0.4 is 5.32 Å². The summed E-state index contributed by atoms with van der Waals surface area (Å²) >= 11 is 11.6. The quantitative estimate of drug-likeness (QED) is 0.837. The van der Waals surface area contributed by atoms with E-state index in [1.807, 2.05) is 13.8 Å². The standard InChI is InChI=1S/C11H17Cl2N3O/c1-4-8-5-9(16(3)15-8)10(17)14-11(2,6-12)7-13/h5H,4,6-7H2,1-3H3,(H,14,17). The van der Waals surface area contributed by atoms with E-state index in [4.69, 9.17) is 23.2 Å². The summed E-state index contributed by atoms with van der Waals surface area (Å²) in [6.45, 7) is 3.80. The van der Waals surface area contributed by atoms with Crippen LogP contribution >= 0.6 is 23.2 Å². The molecule has 0 unspecified atom stereocenters. The minimum Gasteiger partial charge on any atom is -0.343 e. The fourth-order valence-electron chi connectivity index (χ4n) is 1.35. The molecule has 17 heavy (non-hydrogen) atoms. The number of rotatable bonds is 5. The molecule has 0 radical (unpaired) electrons. The highest BCUT2D eigenvalue weighted by molar-refractivity contribution is 6.22. The van der Waals surface area contributed by atoms with Gasteiger partial charge < -0.3 is 5.32 Å². The maximum absolute atomic E-state index is 12.0. The van der Waals surface area contributed by atoms with Crippen LogP contribution in [-0.2, 0) is 13.5 Å². The second-order valence-electron chi connectivity index (χ2n) is 4.28. The molecule has 0 aliphatic carbocycles. The Bertz CT molecular complexity index is 399. The maximum atomic E-state index is 12.0. The van der Waals surface area contributed by atoms with Gasteiger partial charge >= 0.3 is 0 Å². The second kappa shape index (κ2) is 5.74. The van der Waals surface area contributed by atoms with E-state index in [0.29, 0.717) is 5.69 Å². The van der Waals surface area contributed by atoms with Gasteiger partial charge in [0.2, 0.25) is 0 Å². The van der Waals surface area contributed by atoms with Gasteiger partial charge in [0.25, 0.3) is 5.91 Å². The van der Waals surface area contributed by atoms with E-state index < -0.39 is 5.54 Å². The first kappa shape index (κ1) is 14.3. The van der Waals surface area contributed by atoms with E-state index in [1.165, 1.54) is 0 Å². The lowest BCUT2D eigenvalue weighted by molar-refractivity contribution is 0.0911. The average molecular weight is 278 g/mol. The molecule has 0 aliphatic rings. The van der Waals surface area contributed by atoms with Crippen LogP contribution in [0.2, 0.25) is 0 Å². The zero-order chi connectivity index (χ0) is 13.1. The largest absolute Gasteiger partial charge is 0.343 e. The molecule has 0 saturated heterocycles. The van der Waals surface area contributed by atoms with E-state index in [1.54, 1.807) is 17.8 Å². The van der Waals surface area contributed by atoms with E-state index in [2.05, 4.69) is 10.4 Å². The number of nitrogens with zero attached hydrogens (tertiary/aromatic N) is 2. The number of hydrogen-bond donors (Lipinski definition) is 1. The molecule has 1 amide bonds. The Morgan fingerprint density at radius 1 is 1.53 bits per heavy atom. The van der Waals surface area contributed by atoms with Crippen molar-refractivity contribution in [2.45, 2.75) is 25.8 Å². The Labute approximate surface area is 111 Å². The molecule has 0 spiro atoms. The lowest BCUT2D eigenvalue weighted by atomic mass is 10.1. The van der Waals surface area contributed by atoms with Gasteiger partial charge in [-0.25, -0.2) is 0 Å². The summed E-state index contributed by atoms with van der Waals surface area (Å²) in [6.07, 6.45) is 0.795. The van der Waals surface area contributed by atoms with Crippen molar-refractivity contribution >= 4 is 29.1 Å². The Morgan fingerprint density at radius 3 is 2.53 bits per heavy atom. The molecule has 96 valence electrons. The Kier molecular flexibility index (Phi) is 4.83. The van der Waals surface area contributed by atoms with Crippen LogP contribution in [0.4, 0.5) is 0 Å². The summed E-state index contributed by atoms with van der Waals surface area (Å²) in [4.78, 5) is 12.0. The first-order valence-corrected chi connectivity index (χ1v) is 6.50.